The summed E-state index contributed by atoms with van der Waals surface area (Å²) >= 11 is 5.64. The Hall–Kier alpha value is -0.250. The highest BCUT2D eigenvalue weighted by atomic mass is 32.1. The van der Waals surface area contributed by atoms with Gasteiger partial charge in [0.15, 0.2) is 0 Å². The van der Waals surface area contributed by atoms with Crippen molar-refractivity contribution in [3.63, 3.8) is 0 Å². The molecule has 4 aliphatic carbocycles. The Morgan fingerprint density at radius 3 is 2.50 bits per heavy atom. The van der Waals surface area contributed by atoms with Crippen molar-refractivity contribution in [2.75, 3.05) is 0 Å². The highest BCUT2D eigenvalue weighted by Crippen LogP contribution is 2.72. The third-order valence-corrected chi connectivity index (χ3v) is 11.0. The van der Waals surface area contributed by atoms with Gasteiger partial charge in [0.05, 0.1) is 0 Å². The van der Waals surface area contributed by atoms with Crippen LogP contribution in [0.15, 0.2) is 12.2 Å². The molecule has 4 fully saturated rings. The maximum absolute atomic E-state index is 6.52. The standard InChI is InChI=1S/C27H42O2S/c1-18(2)7-6-8-19(3)21-9-10-22-24(21,4)13-12-23-25(5)14-11-20(30)17-26(25)15-16-27(22,23)29-28-26/h15-16,18-19,21-23H,6-14,17H2,1-5H3/t19?,21?,22?,23?,24-,25-,26?,27?/m1/s1. The van der Waals surface area contributed by atoms with E-state index in [1.807, 2.05) is 0 Å². The van der Waals surface area contributed by atoms with Crippen molar-refractivity contribution in [1.29, 1.82) is 0 Å². The van der Waals surface area contributed by atoms with Crippen LogP contribution in [-0.4, -0.2) is 16.1 Å². The van der Waals surface area contributed by atoms with Crippen molar-refractivity contribution < 1.29 is 9.78 Å². The molecule has 0 N–H and O–H groups in total. The lowest BCUT2D eigenvalue weighted by Crippen LogP contribution is -2.73. The second kappa shape index (κ2) is 7.12. The lowest BCUT2D eigenvalue weighted by Gasteiger charge is -2.69. The molecule has 2 aliphatic heterocycles. The summed E-state index contributed by atoms with van der Waals surface area (Å²) < 4.78 is 0. The molecule has 1 saturated heterocycles. The van der Waals surface area contributed by atoms with Gasteiger partial charge in [0.25, 0.3) is 0 Å². The second-order valence-electron chi connectivity index (χ2n) is 12.5. The van der Waals surface area contributed by atoms with E-state index in [-0.39, 0.29) is 16.6 Å². The quantitative estimate of drug-likeness (QED) is 0.256. The SMILES string of the molecule is CC(C)CCCC(C)C1CCC2C34C=CC5(CC(=S)CC[C@]5(C)C3CC[C@]12C)OO4. The van der Waals surface area contributed by atoms with Crippen LogP contribution in [0.1, 0.15) is 98.8 Å². The van der Waals surface area contributed by atoms with Crippen molar-refractivity contribution in [2.45, 2.75) is 110 Å². The Bertz CT molecular complexity index is 745. The Balaban J connectivity index is 1.43. The van der Waals surface area contributed by atoms with Crippen LogP contribution in [0.25, 0.3) is 0 Å². The maximum Gasteiger partial charge on any atom is 0.132 e. The second-order valence-corrected chi connectivity index (χ2v) is 13.1. The van der Waals surface area contributed by atoms with E-state index >= 15 is 0 Å². The summed E-state index contributed by atoms with van der Waals surface area (Å²) in [5.41, 5.74) is 0.00319. The van der Waals surface area contributed by atoms with E-state index in [1.165, 1.54) is 44.9 Å². The predicted molar refractivity (Wildman–Crippen MR) is 126 cm³/mol. The first-order valence-corrected chi connectivity index (χ1v) is 13.2. The number of rotatable bonds is 5. The third-order valence-electron chi connectivity index (χ3n) is 10.7. The van der Waals surface area contributed by atoms with Crippen LogP contribution in [-0.2, 0) is 9.78 Å². The van der Waals surface area contributed by atoms with Crippen LogP contribution in [0.5, 0.6) is 0 Å². The van der Waals surface area contributed by atoms with Gasteiger partial charge in [-0.25, -0.2) is 9.78 Å². The average molecular weight is 431 g/mol. The highest BCUT2D eigenvalue weighted by molar-refractivity contribution is 7.80. The fourth-order valence-electron chi connectivity index (χ4n) is 8.94. The molecule has 2 spiro atoms. The predicted octanol–water partition coefficient (Wildman–Crippen LogP) is 7.46. The van der Waals surface area contributed by atoms with Gasteiger partial charge in [-0.3, -0.25) is 0 Å². The molecule has 6 rings (SSSR count). The molecule has 0 aromatic rings. The maximum atomic E-state index is 6.52. The molecule has 0 aromatic heterocycles. The Kier molecular flexibility index (Phi) is 5.13. The molecule has 6 aliphatic rings. The summed E-state index contributed by atoms with van der Waals surface area (Å²) in [7, 11) is 0. The van der Waals surface area contributed by atoms with Crippen molar-refractivity contribution in [1.82, 2.24) is 0 Å². The van der Waals surface area contributed by atoms with E-state index in [0.717, 1.165) is 41.9 Å². The molecule has 2 nitrogen and oxygen atoms in total. The van der Waals surface area contributed by atoms with E-state index in [2.05, 4.69) is 46.8 Å². The van der Waals surface area contributed by atoms with Gasteiger partial charge < -0.3 is 0 Å². The van der Waals surface area contributed by atoms with Gasteiger partial charge in [-0.15, -0.1) is 0 Å². The fraction of sp³-hybridized carbons (Fsp3) is 0.889. The Morgan fingerprint density at radius 2 is 1.80 bits per heavy atom. The van der Waals surface area contributed by atoms with E-state index in [1.54, 1.807) is 0 Å². The summed E-state index contributed by atoms with van der Waals surface area (Å²) in [6.45, 7) is 12.3. The highest BCUT2D eigenvalue weighted by Gasteiger charge is 2.74. The zero-order valence-corrected chi connectivity index (χ0v) is 20.7. The van der Waals surface area contributed by atoms with Crippen molar-refractivity contribution in [3.8, 4) is 0 Å². The number of hydrogen-bond acceptors (Lipinski definition) is 3. The molecular weight excluding hydrogens is 388 g/mol. The van der Waals surface area contributed by atoms with Crippen molar-refractivity contribution >= 4 is 17.1 Å². The van der Waals surface area contributed by atoms with Crippen LogP contribution in [0.2, 0.25) is 0 Å². The van der Waals surface area contributed by atoms with Gasteiger partial charge in [-0.05, 0) is 72.6 Å². The fourth-order valence-corrected chi connectivity index (χ4v) is 9.26. The first-order chi connectivity index (χ1) is 14.2. The average Bonchev–Trinajstić information content (AvgIpc) is 3.05. The summed E-state index contributed by atoms with van der Waals surface area (Å²) in [6.07, 6.45) is 17.4. The summed E-state index contributed by atoms with van der Waals surface area (Å²) in [6, 6.07) is 0. The minimum Gasteiger partial charge on any atom is -0.224 e. The van der Waals surface area contributed by atoms with Gasteiger partial charge in [-0.1, -0.05) is 72.2 Å². The first kappa shape index (κ1) is 21.6. The van der Waals surface area contributed by atoms with Crippen LogP contribution < -0.4 is 0 Å². The molecule has 2 heterocycles. The first-order valence-electron chi connectivity index (χ1n) is 12.8. The van der Waals surface area contributed by atoms with Crippen LogP contribution in [0.3, 0.4) is 0 Å². The zero-order chi connectivity index (χ0) is 21.4. The minimum atomic E-state index is -0.315. The van der Waals surface area contributed by atoms with E-state index < -0.39 is 0 Å². The smallest absolute Gasteiger partial charge is 0.132 e. The molecule has 8 atom stereocenters. The Labute approximate surface area is 189 Å². The van der Waals surface area contributed by atoms with Crippen LogP contribution in [0, 0.1) is 40.4 Å². The lowest BCUT2D eigenvalue weighted by molar-refractivity contribution is -0.491. The topological polar surface area (TPSA) is 18.5 Å². The summed E-state index contributed by atoms with van der Waals surface area (Å²) in [5, 5.41) is 0. The van der Waals surface area contributed by atoms with Gasteiger partial charge in [-0.2, -0.15) is 0 Å². The minimum absolute atomic E-state index is 0.157. The van der Waals surface area contributed by atoms with E-state index in [9.17, 15) is 0 Å². The van der Waals surface area contributed by atoms with Gasteiger partial charge in [0.2, 0.25) is 0 Å². The van der Waals surface area contributed by atoms with E-state index in [4.69, 9.17) is 22.0 Å². The number of fused-ring (bicyclic) bond motifs is 2. The van der Waals surface area contributed by atoms with Gasteiger partial charge >= 0.3 is 0 Å². The van der Waals surface area contributed by atoms with Crippen molar-refractivity contribution in [3.05, 3.63) is 12.2 Å². The van der Waals surface area contributed by atoms with Gasteiger partial charge in [0, 0.05) is 23.7 Å². The van der Waals surface area contributed by atoms with Crippen LogP contribution >= 0.6 is 12.2 Å². The molecule has 168 valence electrons. The molecule has 3 heteroatoms. The molecule has 6 unspecified atom stereocenters. The molecule has 0 aromatic carbocycles. The normalized spacial score (nSPS) is 50.3. The lowest BCUT2D eigenvalue weighted by atomic mass is 9.43. The zero-order valence-electron chi connectivity index (χ0n) is 19.8. The Morgan fingerprint density at radius 1 is 1.00 bits per heavy atom. The van der Waals surface area contributed by atoms with Crippen LogP contribution in [0.4, 0.5) is 0 Å². The van der Waals surface area contributed by atoms with E-state index in [0.29, 0.717) is 17.3 Å². The molecule has 0 amide bonds. The molecule has 2 bridgehead atoms. The van der Waals surface area contributed by atoms with Crippen molar-refractivity contribution in [2.24, 2.45) is 40.4 Å². The molecule has 30 heavy (non-hydrogen) atoms. The molecule has 0 radical (unpaired) electrons. The number of thiocarbonyl (C=S) groups is 1. The molecule has 3 saturated carbocycles. The summed E-state index contributed by atoms with van der Waals surface area (Å²) in [5.74, 6) is 3.61. The van der Waals surface area contributed by atoms with Gasteiger partial charge in [0.1, 0.15) is 11.2 Å². The largest absolute Gasteiger partial charge is 0.224 e. The number of hydrogen-bond donors (Lipinski definition) is 0. The third kappa shape index (κ3) is 2.76. The monoisotopic (exact) mass is 430 g/mol. The summed E-state index contributed by atoms with van der Waals surface area (Å²) in [4.78, 5) is 14.0. The molecular formula is C27H42O2S.